The van der Waals surface area contributed by atoms with E-state index in [-0.39, 0.29) is 23.5 Å². The molecule has 1 amide bonds. The van der Waals surface area contributed by atoms with E-state index in [1.807, 2.05) is 26.0 Å². The number of nitrogens with one attached hydrogen (secondary N) is 1. The van der Waals surface area contributed by atoms with Gasteiger partial charge in [-0.25, -0.2) is 0 Å². The third-order valence-corrected chi connectivity index (χ3v) is 4.64. The number of nitro benzene ring substituents is 1. The summed E-state index contributed by atoms with van der Waals surface area (Å²) in [5.41, 5.74) is 3.13. The Morgan fingerprint density at radius 2 is 1.90 bits per heavy atom. The molecule has 0 saturated carbocycles. The number of fused-ring (bicyclic) bond motifs is 1. The molecule has 0 fully saturated rings. The first-order valence-corrected chi connectivity index (χ1v) is 9.03. The highest BCUT2D eigenvalue weighted by molar-refractivity contribution is 5.95. The van der Waals surface area contributed by atoms with Crippen molar-refractivity contribution in [1.82, 2.24) is 0 Å². The Balaban J connectivity index is 1.61. The first-order chi connectivity index (χ1) is 14.3. The van der Waals surface area contributed by atoms with Gasteiger partial charge in [-0.2, -0.15) is 0 Å². The predicted octanol–water partition coefficient (Wildman–Crippen LogP) is 3.69. The molecule has 1 aromatic heterocycles. The number of carbonyl (C=O) groups is 2. The number of aryl methyl sites for hydroxylation is 2. The topological polar surface area (TPSA) is 121 Å². The highest BCUT2D eigenvalue weighted by Crippen LogP contribution is 2.29. The molecule has 3 aromatic rings. The number of nitrogens with zero attached hydrogens (tertiary/aromatic N) is 1. The van der Waals surface area contributed by atoms with Crippen LogP contribution in [0.5, 0.6) is 5.75 Å². The van der Waals surface area contributed by atoms with Gasteiger partial charge in [-0.3, -0.25) is 19.7 Å². The van der Waals surface area contributed by atoms with Crippen LogP contribution in [0.4, 0.5) is 11.4 Å². The first kappa shape index (κ1) is 20.8. The van der Waals surface area contributed by atoms with Gasteiger partial charge in [-0.1, -0.05) is 0 Å². The molecule has 0 saturated heterocycles. The van der Waals surface area contributed by atoms with Gasteiger partial charge < -0.3 is 19.2 Å². The van der Waals surface area contributed by atoms with E-state index in [0.717, 1.165) is 16.5 Å². The molecular formula is C21H20N2O7. The van der Waals surface area contributed by atoms with Gasteiger partial charge >= 0.3 is 5.97 Å². The summed E-state index contributed by atoms with van der Waals surface area (Å²) in [4.78, 5) is 34.8. The van der Waals surface area contributed by atoms with Crippen LogP contribution < -0.4 is 10.1 Å². The third kappa shape index (κ3) is 4.57. The monoisotopic (exact) mass is 412 g/mol. The van der Waals surface area contributed by atoms with Crippen LogP contribution in [0.25, 0.3) is 11.0 Å². The summed E-state index contributed by atoms with van der Waals surface area (Å²) in [5, 5.41) is 14.4. The maximum Gasteiger partial charge on any atom is 0.310 e. The molecule has 156 valence electrons. The van der Waals surface area contributed by atoms with Crippen LogP contribution in [0.2, 0.25) is 0 Å². The molecule has 0 unspecified atom stereocenters. The van der Waals surface area contributed by atoms with Crippen LogP contribution in [0.1, 0.15) is 16.7 Å². The van der Waals surface area contributed by atoms with Crippen molar-refractivity contribution in [3.63, 3.8) is 0 Å². The molecule has 0 spiro atoms. The fraction of sp³-hybridized carbons (Fsp3) is 0.238. The van der Waals surface area contributed by atoms with E-state index in [4.69, 9.17) is 13.9 Å². The first-order valence-electron chi connectivity index (χ1n) is 9.03. The minimum atomic E-state index is -0.694. The summed E-state index contributed by atoms with van der Waals surface area (Å²) < 4.78 is 15.4. The normalized spacial score (nSPS) is 10.6. The van der Waals surface area contributed by atoms with Crippen molar-refractivity contribution >= 4 is 34.2 Å². The Hall–Kier alpha value is -3.88. The quantitative estimate of drug-likeness (QED) is 0.357. The van der Waals surface area contributed by atoms with Gasteiger partial charge in [0, 0.05) is 10.9 Å². The maximum absolute atomic E-state index is 12.2. The lowest BCUT2D eigenvalue weighted by atomic mass is 10.0. The number of benzene rings is 2. The fourth-order valence-electron chi connectivity index (χ4n) is 2.91. The second-order valence-electron chi connectivity index (χ2n) is 6.72. The number of amides is 1. The van der Waals surface area contributed by atoms with Crippen molar-refractivity contribution in [1.29, 1.82) is 0 Å². The molecular weight excluding hydrogens is 392 g/mol. The van der Waals surface area contributed by atoms with Crippen LogP contribution in [0, 0.1) is 24.0 Å². The zero-order chi connectivity index (χ0) is 21.8. The zero-order valence-corrected chi connectivity index (χ0v) is 16.7. The molecule has 1 heterocycles. The number of ether oxygens (including phenoxy) is 2. The summed E-state index contributed by atoms with van der Waals surface area (Å²) in [6.07, 6.45) is 1.43. The Morgan fingerprint density at radius 1 is 1.17 bits per heavy atom. The van der Waals surface area contributed by atoms with Gasteiger partial charge in [0.05, 0.1) is 30.8 Å². The Labute approximate surface area is 171 Å². The number of nitro groups is 1. The minimum absolute atomic E-state index is 0.0199. The Morgan fingerprint density at radius 3 is 2.60 bits per heavy atom. The molecule has 3 rings (SSSR count). The van der Waals surface area contributed by atoms with Crippen molar-refractivity contribution < 1.29 is 28.4 Å². The standard InChI is InChI=1S/C21H20N2O7/c1-12-6-16-14(10-29-19(16)7-13(12)2)8-21(25)30-11-20(24)22-17-5-4-15(28-3)9-18(17)23(26)27/h4-7,9-10H,8,11H2,1-3H3,(H,22,24). The van der Waals surface area contributed by atoms with Gasteiger partial charge in [0.2, 0.25) is 0 Å². The van der Waals surface area contributed by atoms with Crippen molar-refractivity contribution in [3.05, 3.63) is 63.4 Å². The number of rotatable bonds is 7. The van der Waals surface area contributed by atoms with Crippen molar-refractivity contribution in [2.24, 2.45) is 0 Å². The lowest BCUT2D eigenvalue weighted by Gasteiger charge is -2.08. The molecule has 9 heteroatoms. The molecule has 9 nitrogen and oxygen atoms in total. The van der Waals surface area contributed by atoms with E-state index in [9.17, 15) is 19.7 Å². The van der Waals surface area contributed by atoms with Crippen molar-refractivity contribution in [3.8, 4) is 5.75 Å². The van der Waals surface area contributed by atoms with Gasteiger partial charge in [-0.15, -0.1) is 0 Å². The van der Waals surface area contributed by atoms with E-state index >= 15 is 0 Å². The number of anilines is 1. The van der Waals surface area contributed by atoms with E-state index in [2.05, 4.69) is 5.32 Å². The third-order valence-electron chi connectivity index (χ3n) is 4.64. The van der Waals surface area contributed by atoms with Crippen LogP contribution in [0.3, 0.4) is 0 Å². The summed E-state index contributed by atoms with van der Waals surface area (Å²) in [6.45, 7) is 3.36. The summed E-state index contributed by atoms with van der Waals surface area (Å²) in [6, 6.07) is 7.84. The Kier molecular flexibility index (Phi) is 6.01. The highest BCUT2D eigenvalue weighted by Gasteiger charge is 2.19. The number of esters is 1. The number of carbonyl (C=O) groups excluding carboxylic acids is 2. The highest BCUT2D eigenvalue weighted by atomic mass is 16.6. The van der Waals surface area contributed by atoms with Crippen molar-refractivity contribution in [2.75, 3.05) is 19.0 Å². The second-order valence-corrected chi connectivity index (χ2v) is 6.72. The lowest BCUT2D eigenvalue weighted by molar-refractivity contribution is -0.384. The summed E-state index contributed by atoms with van der Waals surface area (Å²) in [7, 11) is 1.38. The molecule has 1 N–H and O–H groups in total. The van der Waals surface area contributed by atoms with Gasteiger partial charge in [0.15, 0.2) is 6.61 Å². The Bertz CT molecular complexity index is 1130. The lowest BCUT2D eigenvalue weighted by Crippen LogP contribution is -2.22. The fourth-order valence-corrected chi connectivity index (χ4v) is 2.91. The smallest absolute Gasteiger partial charge is 0.310 e. The molecule has 0 bridgehead atoms. The molecule has 0 aliphatic carbocycles. The van der Waals surface area contributed by atoms with Gasteiger partial charge in [0.25, 0.3) is 11.6 Å². The number of hydrogen-bond acceptors (Lipinski definition) is 7. The summed E-state index contributed by atoms with van der Waals surface area (Å²) >= 11 is 0. The molecule has 0 radical (unpaired) electrons. The second kappa shape index (κ2) is 8.64. The molecule has 2 aromatic carbocycles. The van der Waals surface area contributed by atoms with E-state index in [1.165, 1.54) is 31.6 Å². The number of methoxy groups -OCH3 is 1. The van der Waals surface area contributed by atoms with E-state index < -0.39 is 23.4 Å². The SMILES string of the molecule is COc1ccc(NC(=O)COC(=O)Cc2coc3cc(C)c(C)cc23)c([N+](=O)[O-])c1. The minimum Gasteiger partial charge on any atom is -0.496 e. The van der Waals surface area contributed by atoms with Crippen LogP contribution in [-0.2, 0) is 20.7 Å². The van der Waals surface area contributed by atoms with Crippen LogP contribution >= 0.6 is 0 Å². The molecule has 0 atom stereocenters. The largest absolute Gasteiger partial charge is 0.496 e. The predicted molar refractivity (Wildman–Crippen MR) is 109 cm³/mol. The average Bonchev–Trinajstić information content (AvgIpc) is 3.08. The van der Waals surface area contributed by atoms with E-state index in [1.54, 1.807) is 0 Å². The molecule has 0 aliphatic heterocycles. The van der Waals surface area contributed by atoms with Crippen LogP contribution in [0.15, 0.2) is 41.0 Å². The van der Waals surface area contributed by atoms with Crippen molar-refractivity contribution in [2.45, 2.75) is 20.3 Å². The zero-order valence-electron chi connectivity index (χ0n) is 16.7. The molecule has 0 aliphatic rings. The molecule has 30 heavy (non-hydrogen) atoms. The summed E-state index contributed by atoms with van der Waals surface area (Å²) in [5.74, 6) is -1.03. The average molecular weight is 412 g/mol. The number of furan rings is 1. The van der Waals surface area contributed by atoms with Gasteiger partial charge in [-0.05, 0) is 49.2 Å². The van der Waals surface area contributed by atoms with Gasteiger partial charge in [0.1, 0.15) is 17.0 Å². The number of hydrogen-bond donors (Lipinski definition) is 1. The maximum atomic E-state index is 12.2. The van der Waals surface area contributed by atoms with E-state index in [0.29, 0.717) is 11.1 Å². The van der Waals surface area contributed by atoms with Crippen LogP contribution in [-0.4, -0.2) is 30.5 Å².